The van der Waals surface area contributed by atoms with E-state index in [1.165, 1.54) is 10.6 Å². The largest absolute Gasteiger partial charge is 0.488 e. The average Bonchev–Trinajstić information content (AvgIpc) is 3.23. The van der Waals surface area contributed by atoms with Crippen LogP contribution in [-0.2, 0) is 6.54 Å². The Morgan fingerprint density at radius 2 is 2.03 bits per heavy atom. The molecule has 2 aliphatic heterocycles. The molecule has 0 bridgehead atoms. The van der Waals surface area contributed by atoms with Gasteiger partial charge in [-0.3, -0.25) is 9.59 Å². The number of rotatable bonds is 5. The van der Waals surface area contributed by atoms with Crippen LogP contribution in [0, 0.1) is 6.92 Å². The number of carbonyl (C=O) groups is 1. The molecule has 1 aromatic carbocycles. The van der Waals surface area contributed by atoms with Crippen molar-refractivity contribution in [1.82, 2.24) is 19.0 Å². The van der Waals surface area contributed by atoms with Crippen molar-refractivity contribution in [1.29, 1.82) is 0 Å². The first kappa shape index (κ1) is 21.9. The summed E-state index contributed by atoms with van der Waals surface area (Å²) in [6.45, 7) is 4.34. The Morgan fingerprint density at radius 1 is 1.21 bits per heavy atom. The van der Waals surface area contributed by atoms with Gasteiger partial charge in [0, 0.05) is 30.9 Å². The lowest BCUT2D eigenvalue weighted by Crippen LogP contribution is -2.50. The number of carbonyl (C=O) groups excluding carboxylic acids is 1. The summed E-state index contributed by atoms with van der Waals surface area (Å²) in [7, 11) is 0. The zero-order chi connectivity index (χ0) is 24.0. The summed E-state index contributed by atoms with van der Waals surface area (Å²) in [5, 5.41) is 0. The molecule has 34 heavy (non-hydrogen) atoms. The number of aryl methyl sites for hydroxylation is 1. The summed E-state index contributed by atoms with van der Waals surface area (Å²) in [6.07, 6.45) is 1.88. The van der Waals surface area contributed by atoms with E-state index in [1.54, 1.807) is 59.2 Å². The molecule has 0 unspecified atom stereocenters. The van der Waals surface area contributed by atoms with Crippen molar-refractivity contribution in [2.75, 3.05) is 13.2 Å². The quantitative estimate of drug-likeness (QED) is 0.575. The number of benzene rings is 1. The maximum Gasteiger partial charge on any atom is 0.420 e. The maximum absolute atomic E-state index is 13.7. The second-order valence-corrected chi connectivity index (χ2v) is 8.31. The number of halogens is 2. The third-order valence-electron chi connectivity index (χ3n) is 5.91. The fraction of sp³-hybridized carbons (Fsp3) is 0.292. The molecule has 0 aliphatic carbocycles. The molecule has 176 valence electrons. The summed E-state index contributed by atoms with van der Waals surface area (Å²) < 4.78 is 41.0. The van der Waals surface area contributed by atoms with E-state index in [0.717, 1.165) is 5.69 Å². The summed E-state index contributed by atoms with van der Waals surface area (Å²) in [4.78, 5) is 31.9. The first-order valence-corrected chi connectivity index (χ1v) is 10.8. The van der Waals surface area contributed by atoms with Crippen LogP contribution in [0.25, 0.3) is 11.8 Å². The van der Waals surface area contributed by atoms with Crippen molar-refractivity contribution in [3.05, 3.63) is 76.2 Å². The molecule has 1 amide bonds. The Morgan fingerprint density at radius 3 is 2.79 bits per heavy atom. The average molecular weight is 468 g/mol. The van der Waals surface area contributed by atoms with Crippen molar-refractivity contribution < 1.29 is 23.0 Å². The standard InChI is InChI=1S/C24H22F2N4O4/c1-15-12-28(14-27-15)18-6-7-19-23(32)29(10-11-30(19)22(18)31)16(2)13-33-20-5-3-4-17-8-9-24(25,26)34-21(17)20/h3-9,12,14,16H,10-11,13H2,1-2H3/t16-/m0/s1. The molecule has 8 nitrogen and oxygen atoms in total. The number of hydrogen-bond acceptors (Lipinski definition) is 5. The van der Waals surface area contributed by atoms with Crippen molar-refractivity contribution >= 4 is 12.0 Å². The Bertz CT molecular complexity index is 1360. The van der Waals surface area contributed by atoms with Gasteiger partial charge in [0.15, 0.2) is 11.5 Å². The molecule has 0 N–H and O–H groups in total. The first-order chi connectivity index (χ1) is 16.2. The van der Waals surface area contributed by atoms with E-state index < -0.39 is 6.11 Å². The van der Waals surface area contributed by atoms with Gasteiger partial charge in [-0.15, -0.1) is 0 Å². The highest BCUT2D eigenvalue weighted by Gasteiger charge is 2.34. The lowest BCUT2D eigenvalue weighted by atomic mass is 10.1. The number of ether oxygens (including phenoxy) is 2. The van der Waals surface area contributed by atoms with Gasteiger partial charge < -0.3 is 23.5 Å². The molecular weight excluding hydrogens is 446 g/mol. The van der Waals surface area contributed by atoms with Crippen molar-refractivity contribution in [2.24, 2.45) is 0 Å². The summed E-state index contributed by atoms with van der Waals surface area (Å²) in [5.74, 6) is -0.158. The lowest BCUT2D eigenvalue weighted by molar-refractivity contribution is -0.134. The van der Waals surface area contributed by atoms with Crippen molar-refractivity contribution in [2.45, 2.75) is 32.5 Å². The van der Waals surface area contributed by atoms with Crippen LogP contribution in [0.5, 0.6) is 11.5 Å². The Hall–Kier alpha value is -3.95. The minimum absolute atomic E-state index is 0.0358. The Labute approximate surface area is 193 Å². The minimum Gasteiger partial charge on any atom is -0.488 e. The van der Waals surface area contributed by atoms with Gasteiger partial charge in [-0.25, -0.2) is 4.98 Å². The van der Waals surface area contributed by atoms with Crippen LogP contribution in [0.15, 0.2) is 53.7 Å². The molecule has 0 saturated heterocycles. The van der Waals surface area contributed by atoms with E-state index in [2.05, 4.69) is 4.98 Å². The van der Waals surface area contributed by atoms with Gasteiger partial charge in [0.1, 0.15) is 18.0 Å². The number of pyridine rings is 1. The van der Waals surface area contributed by atoms with Crippen LogP contribution in [0.1, 0.15) is 28.7 Å². The molecule has 0 fully saturated rings. The third-order valence-corrected chi connectivity index (χ3v) is 5.91. The molecule has 1 atom stereocenters. The molecule has 3 aromatic rings. The summed E-state index contributed by atoms with van der Waals surface area (Å²) in [6, 6.07) is 7.75. The van der Waals surface area contributed by atoms with Gasteiger partial charge in [0.2, 0.25) is 0 Å². The highest BCUT2D eigenvalue weighted by molar-refractivity contribution is 5.93. The maximum atomic E-state index is 13.7. The van der Waals surface area contributed by atoms with Crippen molar-refractivity contribution in [3.63, 3.8) is 0 Å². The number of amides is 1. The van der Waals surface area contributed by atoms with Crippen LogP contribution in [0.2, 0.25) is 0 Å². The fourth-order valence-electron chi connectivity index (χ4n) is 4.15. The van der Waals surface area contributed by atoms with Gasteiger partial charge in [-0.2, -0.15) is 8.78 Å². The van der Waals surface area contributed by atoms with Crippen LogP contribution >= 0.6 is 0 Å². The SMILES string of the molecule is Cc1cn(-c2ccc3n(c2=O)CCN([C@@H](C)COc2cccc4c2OC(F)(F)C=C4)C3=O)cn1. The molecular formula is C24H22F2N4O4. The third kappa shape index (κ3) is 3.85. The summed E-state index contributed by atoms with van der Waals surface area (Å²) >= 11 is 0. The second-order valence-electron chi connectivity index (χ2n) is 8.31. The number of nitrogens with zero attached hydrogens (tertiary/aromatic N) is 4. The molecule has 0 radical (unpaired) electrons. The predicted molar refractivity (Wildman–Crippen MR) is 120 cm³/mol. The zero-order valence-electron chi connectivity index (χ0n) is 18.6. The minimum atomic E-state index is -3.41. The van der Waals surface area contributed by atoms with Gasteiger partial charge >= 0.3 is 6.11 Å². The molecule has 2 aromatic heterocycles. The highest BCUT2D eigenvalue weighted by Crippen LogP contribution is 2.40. The number of hydrogen-bond donors (Lipinski definition) is 0. The normalized spacial score (nSPS) is 17.1. The molecule has 2 aliphatic rings. The second kappa shape index (κ2) is 8.12. The summed E-state index contributed by atoms with van der Waals surface area (Å²) in [5.41, 5.74) is 1.70. The van der Waals surface area contributed by atoms with Crippen LogP contribution in [-0.4, -0.2) is 50.2 Å². The van der Waals surface area contributed by atoms with Gasteiger partial charge in [-0.1, -0.05) is 12.1 Å². The van der Waals surface area contributed by atoms with E-state index in [-0.39, 0.29) is 41.3 Å². The number of alkyl halides is 2. The number of para-hydroxylation sites is 1. The van der Waals surface area contributed by atoms with E-state index in [1.807, 2.05) is 6.92 Å². The number of imidazole rings is 1. The molecule has 5 rings (SSSR count). The zero-order valence-corrected chi connectivity index (χ0v) is 18.6. The fourth-order valence-corrected chi connectivity index (χ4v) is 4.15. The molecule has 4 heterocycles. The Kier molecular flexibility index (Phi) is 5.22. The molecule has 0 saturated carbocycles. The monoisotopic (exact) mass is 468 g/mol. The molecule has 0 spiro atoms. The van der Waals surface area contributed by atoms with Gasteiger partial charge in [0.25, 0.3) is 11.5 Å². The Balaban J connectivity index is 1.33. The first-order valence-electron chi connectivity index (χ1n) is 10.8. The lowest BCUT2D eigenvalue weighted by Gasteiger charge is -2.34. The smallest absolute Gasteiger partial charge is 0.420 e. The number of fused-ring (bicyclic) bond motifs is 2. The predicted octanol–water partition coefficient (Wildman–Crippen LogP) is 3.26. The number of aromatic nitrogens is 3. The van der Waals surface area contributed by atoms with Crippen LogP contribution in [0.4, 0.5) is 8.78 Å². The van der Waals surface area contributed by atoms with Crippen LogP contribution in [0.3, 0.4) is 0 Å². The topological polar surface area (TPSA) is 78.6 Å². The van der Waals surface area contributed by atoms with E-state index in [4.69, 9.17) is 9.47 Å². The van der Waals surface area contributed by atoms with Crippen LogP contribution < -0.4 is 15.0 Å². The van der Waals surface area contributed by atoms with E-state index in [9.17, 15) is 18.4 Å². The van der Waals surface area contributed by atoms with E-state index in [0.29, 0.717) is 30.4 Å². The van der Waals surface area contributed by atoms with Gasteiger partial charge in [-0.05, 0) is 38.1 Å². The van der Waals surface area contributed by atoms with E-state index >= 15 is 0 Å². The van der Waals surface area contributed by atoms with Gasteiger partial charge in [0.05, 0.1) is 18.1 Å². The highest BCUT2D eigenvalue weighted by atomic mass is 19.3. The van der Waals surface area contributed by atoms with Crippen molar-refractivity contribution in [3.8, 4) is 17.2 Å². The molecule has 10 heteroatoms.